The number of thiophene rings is 1. The van der Waals surface area contributed by atoms with E-state index in [9.17, 15) is 18.0 Å². The molecule has 1 aliphatic carbocycles. The van der Waals surface area contributed by atoms with Crippen LogP contribution < -0.4 is 5.32 Å². The minimum absolute atomic E-state index is 0.176. The van der Waals surface area contributed by atoms with E-state index in [0.29, 0.717) is 4.88 Å². The maximum Gasteiger partial charge on any atom is 0.435 e. The van der Waals surface area contributed by atoms with Crippen LogP contribution in [0.3, 0.4) is 0 Å². The fourth-order valence-corrected chi connectivity index (χ4v) is 4.00. The molecular formula is C16H18F3N3OS. The summed E-state index contributed by atoms with van der Waals surface area (Å²) in [6.07, 6.45) is 1.18. The second kappa shape index (κ2) is 6.58. The average Bonchev–Trinajstić information content (AvgIpc) is 3.12. The molecule has 24 heavy (non-hydrogen) atoms. The van der Waals surface area contributed by atoms with Gasteiger partial charge in [-0.05, 0) is 50.3 Å². The summed E-state index contributed by atoms with van der Waals surface area (Å²) in [6.45, 7) is 1.94. The summed E-state index contributed by atoms with van der Waals surface area (Å²) in [6, 6.07) is 2.55. The van der Waals surface area contributed by atoms with Crippen molar-refractivity contribution >= 4 is 17.2 Å². The quantitative estimate of drug-likeness (QED) is 0.908. The molecular weight excluding hydrogens is 339 g/mol. The van der Waals surface area contributed by atoms with E-state index in [1.807, 2.05) is 6.07 Å². The summed E-state index contributed by atoms with van der Waals surface area (Å²) in [5.41, 5.74) is 0.331. The summed E-state index contributed by atoms with van der Waals surface area (Å²) in [4.78, 5) is 14.3. The number of nitrogens with zero attached hydrogens (tertiary/aromatic N) is 2. The second-order valence-electron chi connectivity index (χ2n) is 6.06. The molecule has 0 aromatic carbocycles. The van der Waals surface area contributed by atoms with Crippen molar-refractivity contribution < 1.29 is 18.0 Å². The van der Waals surface area contributed by atoms with E-state index in [2.05, 4.69) is 10.4 Å². The van der Waals surface area contributed by atoms with E-state index in [1.54, 1.807) is 6.92 Å². The van der Waals surface area contributed by atoms with Crippen LogP contribution in [0.5, 0.6) is 0 Å². The molecule has 2 aromatic rings. The number of amides is 1. The third-order valence-electron chi connectivity index (χ3n) is 3.99. The Morgan fingerprint density at radius 3 is 2.83 bits per heavy atom. The molecule has 0 radical (unpaired) electrons. The number of alkyl halides is 3. The fourth-order valence-electron chi connectivity index (χ4n) is 2.84. The van der Waals surface area contributed by atoms with Gasteiger partial charge in [0.05, 0.1) is 11.4 Å². The Kier molecular flexibility index (Phi) is 4.67. The first-order valence-electron chi connectivity index (χ1n) is 7.86. The van der Waals surface area contributed by atoms with Crippen molar-refractivity contribution in [2.24, 2.45) is 0 Å². The van der Waals surface area contributed by atoms with Crippen molar-refractivity contribution in [1.29, 1.82) is 0 Å². The molecule has 130 valence electrons. The third-order valence-corrected chi connectivity index (χ3v) is 5.23. The predicted molar refractivity (Wildman–Crippen MR) is 85.1 cm³/mol. The molecule has 1 unspecified atom stereocenters. The van der Waals surface area contributed by atoms with Crippen LogP contribution >= 0.6 is 11.3 Å². The van der Waals surface area contributed by atoms with Crippen molar-refractivity contribution in [3.05, 3.63) is 39.3 Å². The van der Waals surface area contributed by atoms with E-state index >= 15 is 0 Å². The zero-order valence-corrected chi connectivity index (χ0v) is 14.0. The standard InChI is InChI=1S/C16H18F3N3OS/c1-10(9-22-7-6-14(21-22)16(17,18)19)20-15(23)13-8-11-4-2-3-5-12(11)24-13/h6-8,10H,2-5,9H2,1H3,(H,20,23). The van der Waals surface area contributed by atoms with E-state index in [0.717, 1.165) is 31.7 Å². The first-order chi connectivity index (χ1) is 11.3. The molecule has 1 atom stereocenters. The van der Waals surface area contributed by atoms with Gasteiger partial charge in [-0.3, -0.25) is 9.48 Å². The first kappa shape index (κ1) is 17.0. The van der Waals surface area contributed by atoms with Crippen molar-refractivity contribution in [2.75, 3.05) is 0 Å². The Bertz CT molecular complexity index is 712. The number of aromatic nitrogens is 2. The largest absolute Gasteiger partial charge is 0.435 e. The van der Waals surface area contributed by atoms with Gasteiger partial charge in [0.2, 0.25) is 0 Å². The molecule has 1 aliphatic rings. The molecule has 3 rings (SSSR count). The smallest absolute Gasteiger partial charge is 0.347 e. The minimum atomic E-state index is -4.45. The molecule has 2 aromatic heterocycles. The van der Waals surface area contributed by atoms with Crippen LogP contribution in [-0.2, 0) is 25.6 Å². The van der Waals surface area contributed by atoms with Gasteiger partial charge >= 0.3 is 6.18 Å². The summed E-state index contributed by atoms with van der Waals surface area (Å²) in [5, 5.41) is 6.33. The molecule has 8 heteroatoms. The lowest BCUT2D eigenvalue weighted by Gasteiger charge is -2.13. The second-order valence-corrected chi connectivity index (χ2v) is 7.20. The summed E-state index contributed by atoms with van der Waals surface area (Å²) in [7, 11) is 0. The number of halogens is 3. The van der Waals surface area contributed by atoms with Gasteiger partial charge in [-0.2, -0.15) is 18.3 Å². The van der Waals surface area contributed by atoms with Gasteiger partial charge in [0.25, 0.3) is 5.91 Å². The number of fused-ring (bicyclic) bond motifs is 1. The number of carbonyl (C=O) groups is 1. The van der Waals surface area contributed by atoms with Crippen molar-refractivity contribution in [3.8, 4) is 0 Å². The monoisotopic (exact) mass is 357 g/mol. The average molecular weight is 357 g/mol. The van der Waals surface area contributed by atoms with Crippen LogP contribution in [0.15, 0.2) is 18.3 Å². The summed E-state index contributed by atoms with van der Waals surface area (Å²) >= 11 is 1.52. The fraction of sp³-hybridized carbons (Fsp3) is 0.500. The third kappa shape index (κ3) is 3.80. The molecule has 1 N–H and O–H groups in total. The summed E-state index contributed by atoms with van der Waals surface area (Å²) < 4.78 is 38.8. The zero-order chi connectivity index (χ0) is 17.3. The van der Waals surface area contributed by atoms with Gasteiger partial charge in [-0.25, -0.2) is 0 Å². The molecule has 0 spiro atoms. The van der Waals surface area contributed by atoms with Crippen LogP contribution in [0, 0.1) is 0 Å². The summed E-state index contributed by atoms with van der Waals surface area (Å²) in [5.74, 6) is -0.176. The highest BCUT2D eigenvalue weighted by Gasteiger charge is 2.33. The van der Waals surface area contributed by atoms with Crippen LogP contribution in [-0.4, -0.2) is 21.7 Å². The Balaban J connectivity index is 1.60. The van der Waals surface area contributed by atoms with Gasteiger partial charge in [-0.1, -0.05) is 0 Å². The number of hydrogen-bond donors (Lipinski definition) is 1. The predicted octanol–water partition coefficient (Wildman–Crippen LogP) is 3.66. The van der Waals surface area contributed by atoms with E-state index in [1.165, 1.54) is 32.7 Å². The molecule has 0 aliphatic heterocycles. The first-order valence-corrected chi connectivity index (χ1v) is 8.67. The van der Waals surface area contributed by atoms with Crippen molar-refractivity contribution in [2.45, 2.75) is 51.4 Å². The number of aryl methyl sites for hydroxylation is 2. The lowest BCUT2D eigenvalue weighted by atomic mass is 9.99. The molecule has 2 heterocycles. The highest BCUT2D eigenvalue weighted by Crippen LogP contribution is 2.30. The Hall–Kier alpha value is -1.83. The van der Waals surface area contributed by atoms with Gasteiger partial charge in [0, 0.05) is 17.1 Å². The highest BCUT2D eigenvalue weighted by atomic mass is 32.1. The van der Waals surface area contributed by atoms with Gasteiger partial charge < -0.3 is 5.32 Å². The minimum Gasteiger partial charge on any atom is -0.347 e. The Labute approximate surface area is 141 Å². The van der Waals surface area contributed by atoms with Crippen molar-refractivity contribution in [3.63, 3.8) is 0 Å². The lowest BCUT2D eigenvalue weighted by molar-refractivity contribution is -0.141. The van der Waals surface area contributed by atoms with Crippen LogP contribution in [0.2, 0.25) is 0 Å². The van der Waals surface area contributed by atoms with Crippen molar-refractivity contribution in [1.82, 2.24) is 15.1 Å². The maximum absolute atomic E-state index is 12.5. The van der Waals surface area contributed by atoms with E-state index in [-0.39, 0.29) is 18.5 Å². The number of rotatable bonds is 4. The normalized spacial score (nSPS) is 15.8. The SMILES string of the molecule is CC(Cn1ccc(C(F)(F)F)n1)NC(=O)c1cc2c(s1)CCCC2. The molecule has 4 nitrogen and oxygen atoms in total. The van der Waals surface area contributed by atoms with Gasteiger partial charge in [0.15, 0.2) is 5.69 Å². The van der Waals surface area contributed by atoms with E-state index in [4.69, 9.17) is 0 Å². The number of nitrogens with one attached hydrogen (secondary N) is 1. The van der Waals surface area contributed by atoms with E-state index < -0.39 is 11.9 Å². The van der Waals surface area contributed by atoms with Crippen LogP contribution in [0.25, 0.3) is 0 Å². The molecule has 0 saturated heterocycles. The topological polar surface area (TPSA) is 46.9 Å². The molecule has 0 fully saturated rings. The molecule has 0 saturated carbocycles. The van der Waals surface area contributed by atoms with Crippen LogP contribution in [0.1, 0.15) is 45.6 Å². The molecule has 0 bridgehead atoms. The highest BCUT2D eigenvalue weighted by molar-refractivity contribution is 7.14. The van der Waals surface area contributed by atoms with Crippen LogP contribution in [0.4, 0.5) is 13.2 Å². The lowest BCUT2D eigenvalue weighted by Crippen LogP contribution is -2.35. The number of hydrogen-bond acceptors (Lipinski definition) is 3. The Morgan fingerprint density at radius 1 is 1.42 bits per heavy atom. The van der Waals surface area contributed by atoms with Gasteiger partial charge in [-0.15, -0.1) is 11.3 Å². The van der Waals surface area contributed by atoms with Gasteiger partial charge in [0.1, 0.15) is 0 Å². The zero-order valence-electron chi connectivity index (χ0n) is 13.2. The maximum atomic E-state index is 12.5. The number of carbonyl (C=O) groups excluding carboxylic acids is 1. The Morgan fingerprint density at radius 2 is 2.17 bits per heavy atom. The molecule has 1 amide bonds.